The Morgan fingerprint density at radius 3 is 2.21 bits per heavy atom. The molecule has 0 aliphatic carbocycles. The van der Waals surface area contributed by atoms with Gasteiger partial charge in [-0.05, 0) is 38.1 Å². The van der Waals surface area contributed by atoms with Gasteiger partial charge < -0.3 is 15.5 Å². The summed E-state index contributed by atoms with van der Waals surface area (Å²) in [6, 6.07) is 6.74. The first-order valence-corrected chi connectivity index (χ1v) is 8.33. The molecule has 0 bridgehead atoms. The van der Waals surface area contributed by atoms with Gasteiger partial charge in [0, 0.05) is 19.6 Å². The van der Waals surface area contributed by atoms with E-state index in [4.69, 9.17) is 0 Å². The first-order valence-electron chi connectivity index (χ1n) is 8.33. The lowest BCUT2D eigenvalue weighted by Crippen LogP contribution is -2.51. The molecule has 2 saturated heterocycles. The van der Waals surface area contributed by atoms with Crippen LogP contribution in [-0.4, -0.2) is 65.9 Å². The van der Waals surface area contributed by atoms with Gasteiger partial charge in [0.2, 0.25) is 0 Å². The molecule has 1 spiro atoms. The number of fused-ring (bicyclic) bond motifs is 1. The Kier molecular flexibility index (Phi) is 3.53. The Labute approximate surface area is 140 Å². The summed E-state index contributed by atoms with van der Waals surface area (Å²) >= 11 is 0. The zero-order valence-electron chi connectivity index (χ0n) is 13.4. The number of carbonyl (C=O) groups excluding carboxylic acids is 3. The highest BCUT2D eigenvalue weighted by Crippen LogP contribution is 2.26. The number of hydrogen-bond donors (Lipinski definition) is 2. The number of urea groups is 1. The third kappa shape index (κ3) is 2.36. The molecule has 4 rings (SSSR count). The summed E-state index contributed by atoms with van der Waals surface area (Å²) in [5.74, 6) is -0.543. The predicted octanol–water partition coefficient (Wildman–Crippen LogP) is 0.430. The van der Waals surface area contributed by atoms with Gasteiger partial charge in [-0.2, -0.15) is 0 Å². The van der Waals surface area contributed by atoms with Crippen molar-refractivity contribution >= 4 is 17.8 Å². The highest BCUT2D eigenvalue weighted by Gasteiger charge is 2.43. The number of hydrogen-bond acceptors (Lipinski definition) is 4. The minimum absolute atomic E-state index is 0.103. The summed E-state index contributed by atoms with van der Waals surface area (Å²) in [6.45, 7) is 3.02. The summed E-state index contributed by atoms with van der Waals surface area (Å²) < 4.78 is 0. The molecule has 2 N–H and O–H groups in total. The van der Waals surface area contributed by atoms with Crippen molar-refractivity contribution in [1.82, 2.24) is 20.4 Å². The Morgan fingerprint density at radius 1 is 0.958 bits per heavy atom. The number of amides is 4. The molecular weight excluding hydrogens is 308 g/mol. The number of rotatable bonds is 3. The van der Waals surface area contributed by atoms with Crippen LogP contribution in [0.15, 0.2) is 24.3 Å². The van der Waals surface area contributed by atoms with Crippen molar-refractivity contribution in [3.05, 3.63) is 35.4 Å². The molecule has 0 radical (unpaired) electrons. The van der Waals surface area contributed by atoms with E-state index in [0.29, 0.717) is 24.2 Å². The second kappa shape index (κ2) is 5.59. The van der Waals surface area contributed by atoms with E-state index in [1.54, 1.807) is 29.2 Å². The monoisotopic (exact) mass is 328 g/mol. The number of imide groups is 1. The van der Waals surface area contributed by atoms with Crippen LogP contribution in [0.5, 0.6) is 0 Å². The van der Waals surface area contributed by atoms with E-state index in [-0.39, 0.29) is 29.9 Å². The molecule has 1 aromatic carbocycles. The maximum absolute atomic E-state index is 12.4. The van der Waals surface area contributed by atoms with Gasteiger partial charge in [0.1, 0.15) is 0 Å². The zero-order valence-corrected chi connectivity index (χ0v) is 13.4. The molecule has 126 valence electrons. The second-order valence-corrected chi connectivity index (χ2v) is 6.69. The van der Waals surface area contributed by atoms with Crippen molar-refractivity contribution in [3.63, 3.8) is 0 Å². The number of piperidine rings is 1. The maximum Gasteiger partial charge on any atom is 0.318 e. The van der Waals surface area contributed by atoms with Gasteiger partial charge in [0.25, 0.3) is 11.8 Å². The van der Waals surface area contributed by atoms with Crippen molar-refractivity contribution in [2.75, 3.05) is 32.7 Å². The summed E-state index contributed by atoms with van der Waals surface area (Å²) in [7, 11) is 0. The lowest BCUT2D eigenvalue weighted by Gasteiger charge is -2.33. The van der Waals surface area contributed by atoms with Crippen LogP contribution in [0.2, 0.25) is 0 Å². The SMILES string of the molecule is O=C1NC2(CCNCC2)CN1CCN1C(=O)c2ccccc2C1=O. The van der Waals surface area contributed by atoms with Crippen molar-refractivity contribution in [2.24, 2.45) is 0 Å². The Morgan fingerprint density at radius 2 is 1.58 bits per heavy atom. The van der Waals surface area contributed by atoms with E-state index in [9.17, 15) is 14.4 Å². The largest absolute Gasteiger partial charge is 0.331 e. The van der Waals surface area contributed by atoms with Crippen LogP contribution in [0.4, 0.5) is 4.79 Å². The van der Waals surface area contributed by atoms with Gasteiger partial charge >= 0.3 is 6.03 Å². The summed E-state index contributed by atoms with van der Waals surface area (Å²) in [4.78, 5) is 39.9. The van der Waals surface area contributed by atoms with Crippen LogP contribution in [-0.2, 0) is 0 Å². The molecule has 3 heterocycles. The third-order valence-electron chi connectivity index (χ3n) is 5.19. The highest BCUT2D eigenvalue weighted by atomic mass is 16.2. The van der Waals surface area contributed by atoms with Gasteiger partial charge in [-0.1, -0.05) is 12.1 Å². The van der Waals surface area contributed by atoms with Crippen LogP contribution >= 0.6 is 0 Å². The average Bonchev–Trinajstić information content (AvgIpc) is 3.02. The fourth-order valence-corrected chi connectivity index (χ4v) is 3.81. The lowest BCUT2D eigenvalue weighted by atomic mass is 9.89. The molecule has 7 nitrogen and oxygen atoms in total. The third-order valence-corrected chi connectivity index (χ3v) is 5.19. The van der Waals surface area contributed by atoms with Crippen molar-refractivity contribution < 1.29 is 14.4 Å². The molecule has 0 unspecified atom stereocenters. The maximum atomic E-state index is 12.4. The number of nitrogens with one attached hydrogen (secondary N) is 2. The zero-order chi connectivity index (χ0) is 16.7. The standard InChI is InChI=1S/C17H20N4O3/c22-14-12-3-1-2-4-13(12)15(23)21(14)10-9-20-11-17(19-16(20)24)5-7-18-8-6-17/h1-4,18H,5-11H2,(H,19,24). The quantitative estimate of drug-likeness (QED) is 0.789. The fourth-order valence-electron chi connectivity index (χ4n) is 3.81. The van der Waals surface area contributed by atoms with Gasteiger partial charge in [-0.15, -0.1) is 0 Å². The van der Waals surface area contributed by atoms with Crippen LogP contribution in [0, 0.1) is 0 Å². The van der Waals surface area contributed by atoms with E-state index in [0.717, 1.165) is 25.9 Å². The number of nitrogens with zero attached hydrogens (tertiary/aromatic N) is 2. The first-order chi connectivity index (χ1) is 11.6. The molecular formula is C17H20N4O3. The predicted molar refractivity (Wildman–Crippen MR) is 86.7 cm³/mol. The van der Waals surface area contributed by atoms with Crippen LogP contribution in [0.25, 0.3) is 0 Å². The smallest absolute Gasteiger partial charge is 0.318 e. The topological polar surface area (TPSA) is 81.8 Å². The van der Waals surface area contributed by atoms with Crippen LogP contribution in [0.1, 0.15) is 33.6 Å². The molecule has 3 aliphatic rings. The van der Waals surface area contributed by atoms with E-state index in [2.05, 4.69) is 10.6 Å². The van der Waals surface area contributed by atoms with Gasteiger partial charge in [-0.3, -0.25) is 14.5 Å². The normalized spacial score (nSPS) is 22.2. The van der Waals surface area contributed by atoms with Crippen LogP contribution in [0.3, 0.4) is 0 Å². The molecule has 1 aromatic rings. The lowest BCUT2D eigenvalue weighted by molar-refractivity contribution is 0.0642. The van der Waals surface area contributed by atoms with Crippen molar-refractivity contribution in [2.45, 2.75) is 18.4 Å². The summed E-state index contributed by atoms with van der Waals surface area (Å²) in [6.07, 6.45) is 1.81. The highest BCUT2D eigenvalue weighted by molar-refractivity contribution is 6.21. The number of carbonyl (C=O) groups is 3. The van der Waals surface area contributed by atoms with Crippen LogP contribution < -0.4 is 10.6 Å². The Bertz CT molecular complexity index is 677. The van der Waals surface area contributed by atoms with Gasteiger partial charge in [0.05, 0.1) is 16.7 Å². The minimum Gasteiger partial charge on any atom is -0.331 e. The summed E-state index contributed by atoms with van der Waals surface area (Å²) in [5.41, 5.74) is 0.732. The molecule has 7 heteroatoms. The molecule has 24 heavy (non-hydrogen) atoms. The molecule has 0 aromatic heterocycles. The molecule has 0 atom stereocenters. The average molecular weight is 328 g/mol. The van der Waals surface area contributed by atoms with E-state index in [1.165, 1.54) is 4.90 Å². The van der Waals surface area contributed by atoms with Gasteiger partial charge in [0.15, 0.2) is 0 Å². The number of benzene rings is 1. The van der Waals surface area contributed by atoms with E-state index >= 15 is 0 Å². The Hall–Kier alpha value is -2.41. The second-order valence-electron chi connectivity index (χ2n) is 6.69. The van der Waals surface area contributed by atoms with Crippen molar-refractivity contribution in [3.8, 4) is 0 Å². The molecule has 4 amide bonds. The Balaban J connectivity index is 1.42. The van der Waals surface area contributed by atoms with Crippen molar-refractivity contribution in [1.29, 1.82) is 0 Å². The summed E-state index contributed by atoms with van der Waals surface area (Å²) in [5, 5.41) is 6.39. The first kappa shape index (κ1) is 15.1. The molecule has 3 aliphatic heterocycles. The van der Waals surface area contributed by atoms with E-state index < -0.39 is 0 Å². The molecule has 0 saturated carbocycles. The fraction of sp³-hybridized carbons (Fsp3) is 0.471. The van der Waals surface area contributed by atoms with Gasteiger partial charge in [-0.25, -0.2) is 4.79 Å². The van der Waals surface area contributed by atoms with E-state index in [1.807, 2.05) is 0 Å². The molecule has 2 fully saturated rings. The minimum atomic E-state index is -0.271.